The van der Waals surface area contributed by atoms with Crippen LogP contribution in [0.25, 0.3) is 0 Å². The third kappa shape index (κ3) is 96.9. The molecule has 0 bridgehead atoms. The normalized spacial score (nSPS) is 14.6. The van der Waals surface area contributed by atoms with Crippen molar-refractivity contribution in [3.63, 3.8) is 0 Å². The van der Waals surface area contributed by atoms with Gasteiger partial charge in [-0.25, -0.2) is 9.13 Å². The summed E-state index contributed by atoms with van der Waals surface area (Å²) < 4.78 is 61.6. The Morgan fingerprint density at radius 2 is 0.431 bits per heavy atom. The number of aliphatic hydroxyl groups excluding tert-OH is 2. The first-order valence-electron chi connectivity index (χ1n) is 48.7. The van der Waals surface area contributed by atoms with Crippen molar-refractivity contribution in [2.45, 2.75) is 411 Å². The second kappa shape index (κ2) is 95.5. The van der Waals surface area contributed by atoms with E-state index < -0.39 is 91.5 Å². The van der Waals surface area contributed by atoms with Gasteiger partial charge >= 0.3 is 33.6 Å². The zero-order valence-electron chi connectivity index (χ0n) is 77.5. The van der Waals surface area contributed by atoms with E-state index in [1.54, 1.807) is 0 Å². The fraction of sp³-hybridized carbons (Fsp3) is 0.667. The second-order valence-electron chi connectivity index (χ2n) is 32.1. The molecule has 0 aliphatic carbocycles. The molecule has 0 aliphatic heterocycles. The lowest BCUT2D eigenvalue weighted by molar-refractivity contribution is -0.161. The molecule has 702 valence electrons. The van der Waals surface area contributed by atoms with Crippen LogP contribution < -0.4 is 0 Å². The van der Waals surface area contributed by atoms with Crippen LogP contribution in [-0.4, -0.2) is 95.9 Å². The van der Waals surface area contributed by atoms with E-state index in [2.05, 4.69) is 215 Å². The van der Waals surface area contributed by atoms with Crippen LogP contribution in [0.3, 0.4) is 0 Å². The quantitative estimate of drug-likeness (QED) is 0.0146. The SMILES string of the molecule is CC/C=C\C/C=C\C/C=C\C/C=C\C/C=C\C/C=C\CCCCCCCCCCC(=O)OCC(COP(=O)(O)OCC(O)COP(=O)(O)OCC(O)COC(=O)CCCCCCCCCCCCCCCCCCC/C=C\C/C=C\C/C=C\C/C=C\CCCCC)OC(=O)CCCCCCCCCC/C=C\C/C=C\C/C=C\C/C=C\C/C=C\C/C=C\CC. The highest BCUT2D eigenvalue weighted by Gasteiger charge is 2.30. The minimum Gasteiger partial charge on any atom is -0.463 e. The Labute approximate surface area is 750 Å². The zero-order chi connectivity index (χ0) is 89.3. The summed E-state index contributed by atoms with van der Waals surface area (Å²) in [4.78, 5) is 59.1. The fourth-order valence-corrected chi connectivity index (χ4v) is 14.6. The molecule has 4 N–H and O–H groups in total. The fourth-order valence-electron chi connectivity index (χ4n) is 13.0. The van der Waals surface area contributed by atoms with Gasteiger partial charge in [0, 0.05) is 19.3 Å². The van der Waals surface area contributed by atoms with E-state index in [-0.39, 0.29) is 19.3 Å². The number of unbranched alkanes of at least 4 members (excludes halogenated alkanes) is 36. The molecular formula is C105H176O16P2. The molecule has 0 rings (SSSR count). The number of rotatable bonds is 91. The van der Waals surface area contributed by atoms with Crippen molar-refractivity contribution >= 4 is 33.6 Å². The highest BCUT2D eigenvalue weighted by atomic mass is 31.2. The van der Waals surface area contributed by atoms with E-state index in [1.165, 1.54) is 122 Å². The van der Waals surface area contributed by atoms with Crippen molar-refractivity contribution in [3.05, 3.63) is 194 Å². The van der Waals surface area contributed by atoms with Crippen molar-refractivity contribution < 1.29 is 75.8 Å². The molecule has 5 unspecified atom stereocenters. The van der Waals surface area contributed by atoms with Crippen LogP contribution in [0.5, 0.6) is 0 Å². The number of aliphatic hydroxyl groups is 2. The molecule has 0 saturated carbocycles. The Morgan fingerprint density at radius 1 is 0.236 bits per heavy atom. The van der Waals surface area contributed by atoms with E-state index in [4.69, 9.17) is 32.3 Å². The summed E-state index contributed by atoms with van der Waals surface area (Å²) in [6, 6.07) is 0. The predicted octanol–water partition coefficient (Wildman–Crippen LogP) is 30.6. The summed E-state index contributed by atoms with van der Waals surface area (Å²) >= 11 is 0. The van der Waals surface area contributed by atoms with E-state index in [0.29, 0.717) is 19.3 Å². The molecule has 0 aromatic heterocycles. The number of phosphoric acid groups is 2. The van der Waals surface area contributed by atoms with Crippen molar-refractivity contribution in [2.75, 3.05) is 39.6 Å². The van der Waals surface area contributed by atoms with Crippen LogP contribution in [0, 0.1) is 0 Å². The molecule has 0 aromatic carbocycles. The predicted molar refractivity (Wildman–Crippen MR) is 518 cm³/mol. The van der Waals surface area contributed by atoms with E-state index in [0.717, 1.165) is 212 Å². The minimum atomic E-state index is -4.96. The van der Waals surface area contributed by atoms with Crippen LogP contribution in [-0.2, 0) is 55.8 Å². The van der Waals surface area contributed by atoms with Crippen LogP contribution in [0.2, 0.25) is 0 Å². The van der Waals surface area contributed by atoms with Crippen LogP contribution in [0.15, 0.2) is 194 Å². The standard InChI is InChI=1S/C105H176O16P2/c1-4-7-10-13-16-19-22-25-28-31-34-37-40-43-46-47-48-49-50-51-54-56-58-61-64-67-70-73-76-79-82-85-88-91-103(108)115-94-100(106)95-117-122(111,112)118-96-101(107)97-119-123(113,114)120-99-102(121-105(110)93-90-87-84-81-78-75-72-69-66-63-60-57-53-45-42-39-36-33-30-27-24-21-18-15-12-9-6-3)98-116-104(109)92-89-86-83-80-77-74-71-68-65-62-59-55-52-44-41-38-35-32-29-26-23-20-17-14-11-8-5-2/h8-9,11-12,16-21,25-30,34-39,43-46,52-53,59-60,62-63,100-102,106-107H,4-7,10,13-15,22-24,31-33,40-42,47-51,54-58,61,64-99H2,1-3H3,(H,111,112)(H,113,114)/b11-8-,12-9-,19-16-,20-17-,21-18-,28-25-,29-26-,30-27-,37-34-,38-35-,39-36-,46-43-,52-44-,53-45-,62-59-,63-60-. The van der Waals surface area contributed by atoms with Crippen LogP contribution in [0.4, 0.5) is 0 Å². The molecule has 0 heterocycles. The first-order valence-corrected chi connectivity index (χ1v) is 51.7. The summed E-state index contributed by atoms with van der Waals surface area (Å²) in [6.07, 6.45) is 128. The number of hydrogen-bond donors (Lipinski definition) is 4. The topological polar surface area (TPSA) is 231 Å². The Morgan fingerprint density at radius 3 is 0.683 bits per heavy atom. The average Bonchev–Trinajstić information content (AvgIpc) is 0.893. The molecule has 0 amide bonds. The molecule has 18 heteroatoms. The lowest BCUT2D eigenvalue weighted by atomic mass is 10.0. The van der Waals surface area contributed by atoms with Gasteiger partial charge in [-0.1, -0.05) is 401 Å². The number of carbonyl (C=O) groups is 3. The summed E-state index contributed by atoms with van der Waals surface area (Å²) in [5.41, 5.74) is 0. The number of hydrogen-bond acceptors (Lipinski definition) is 14. The van der Waals surface area contributed by atoms with Crippen molar-refractivity contribution in [2.24, 2.45) is 0 Å². The maximum Gasteiger partial charge on any atom is 0.472 e. The molecule has 0 spiro atoms. The maximum atomic E-state index is 13.1. The van der Waals surface area contributed by atoms with Gasteiger partial charge in [0.25, 0.3) is 0 Å². The Kier molecular flexibility index (Phi) is 91.1. The smallest absolute Gasteiger partial charge is 0.463 e. The monoisotopic (exact) mass is 1760 g/mol. The van der Waals surface area contributed by atoms with Gasteiger partial charge in [0.2, 0.25) is 0 Å². The third-order valence-corrected chi connectivity index (χ3v) is 22.2. The molecule has 0 aliphatic rings. The van der Waals surface area contributed by atoms with Crippen molar-refractivity contribution in [1.82, 2.24) is 0 Å². The van der Waals surface area contributed by atoms with E-state index >= 15 is 0 Å². The number of carbonyl (C=O) groups excluding carboxylic acids is 3. The third-order valence-electron chi connectivity index (χ3n) is 20.3. The van der Waals surface area contributed by atoms with Crippen LogP contribution in [0.1, 0.15) is 393 Å². The lowest BCUT2D eigenvalue weighted by Crippen LogP contribution is -2.30. The van der Waals surface area contributed by atoms with Crippen molar-refractivity contribution in [1.29, 1.82) is 0 Å². The number of allylic oxidation sites excluding steroid dienone is 32. The minimum absolute atomic E-state index is 0.0852. The van der Waals surface area contributed by atoms with Gasteiger partial charge in [-0.3, -0.25) is 32.5 Å². The highest BCUT2D eigenvalue weighted by molar-refractivity contribution is 7.47. The first-order chi connectivity index (χ1) is 60.2. The molecule has 16 nitrogen and oxygen atoms in total. The van der Waals surface area contributed by atoms with Gasteiger partial charge in [0.1, 0.15) is 25.4 Å². The molecule has 0 fully saturated rings. The lowest BCUT2D eigenvalue weighted by Gasteiger charge is -2.21. The molecule has 0 aromatic rings. The Balaban J connectivity index is 4.64. The molecule has 0 saturated heterocycles. The Bertz CT molecular complexity index is 3020. The first kappa shape index (κ1) is 117. The van der Waals surface area contributed by atoms with Gasteiger partial charge < -0.3 is 34.2 Å². The number of phosphoric ester groups is 2. The highest BCUT2D eigenvalue weighted by Crippen LogP contribution is 2.45. The van der Waals surface area contributed by atoms with Crippen LogP contribution >= 0.6 is 15.6 Å². The zero-order valence-corrected chi connectivity index (χ0v) is 79.3. The largest absolute Gasteiger partial charge is 0.472 e. The molecule has 123 heavy (non-hydrogen) atoms. The average molecular weight is 1760 g/mol. The number of ether oxygens (including phenoxy) is 3. The van der Waals surface area contributed by atoms with Crippen molar-refractivity contribution in [3.8, 4) is 0 Å². The van der Waals surface area contributed by atoms with Gasteiger partial charge in [-0.2, -0.15) is 0 Å². The van der Waals surface area contributed by atoms with Gasteiger partial charge in [0.05, 0.1) is 26.4 Å². The van der Waals surface area contributed by atoms with E-state index in [9.17, 15) is 43.5 Å². The molecular weight excluding hydrogens is 1580 g/mol. The Hall–Kier alpha value is -5.61. The summed E-state index contributed by atoms with van der Waals surface area (Å²) in [6.45, 7) is 2.45. The van der Waals surface area contributed by atoms with E-state index in [1.807, 2.05) is 0 Å². The van der Waals surface area contributed by atoms with Gasteiger partial charge in [-0.05, 0) is 167 Å². The second-order valence-corrected chi connectivity index (χ2v) is 35.0. The van der Waals surface area contributed by atoms with Gasteiger partial charge in [-0.15, -0.1) is 0 Å². The molecule has 0 radical (unpaired) electrons. The maximum absolute atomic E-state index is 13.1. The number of esters is 3. The van der Waals surface area contributed by atoms with Gasteiger partial charge in [0.15, 0.2) is 6.10 Å². The molecule has 5 atom stereocenters. The summed E-state index contributed by atoms with van der Waals surface area (Å²) in [5, 5.41) is 20.8. The summed E-state index contributed by atoms with van der Waals surface area (Å²) in [7, 11) is -9.83. The summed E-state index contributed by atoms with van der Waals surface area (Å²) in [5.74, 6) is -1.59.